The maximum atomic E-state index is 13.1. The number of ether oxygens (including phenoxy) is 4. The molecule has 0 aromatic heterocycles. The normalized spacial score (nSPS) is 14.5. The van der Waals surface area contributed by atoms with Crippen molar-refractivity contribution in [3.05, 3.63) is 0 Å². The average molecular weight is 1490 g/mol. The molecule has 0 fully saturated rings. The fourth-order valence-corrected chi connectivity index (χ4v) is 14.3. The van der Waals surface area contributed by atoms with Crippen molar-refractivity contribution in [3.8, 4) is 0 Å². The second-order valence-corrected chi connectivity index (χ2v) is 34.2. The van der Waals surface area contributed by atoms with Crippen molar-refractivity contribution < 1.29 is 80.2 Å². The third kappa shape index (κ3) is 73.6. The molecule has 0 heterocycles. The first kappa shape index (κ1) is 100. The highest BCUT2D eigenvalue weighted by atomic mass is 31.2. The number of hydrogen-bond donors (Lipinski definition) is 3. The molecule has 0 aromatic carbocycles. The maximum Gasteiger partial charge on any atom is 0.472 e. The van der Waals surface area contributed by atoms with Crippen LogP contribution < -0.4 is 0 Å². The van der Waals surface area contributed by atoms with Crippen molar-refractivity contribution >= 4 is 39.5 Å². The van der Waals surface area contributed by atoms with E-state index in [-0.39, 0.29) is 25.7 Å². The molecule has 0 spiro atoms. The molecular formula is C83H162O17P2. The van der Waals surface area contributed by atoms with Crippen molar-refractivity contribution in [2.24, 2.45) is 23.7 Å². The summed E-state index contributed by atoms with van der Waals surface area (Å²) in [5, 5.41) is 10.6. The Morgan fingerprint density at radius 1 is 0.275 bits per heavy atom. The van der Waals surface area contributed by atoms with Crippen LogP contribution >= 0.6 is 15.6 Å². The van der Waals surface area contributed by atoms with E-state index in [0.29, 0.717) is 31.6 Å². The molecule has 0 radical (unpaired) electrons. The van der Waals surface area contributed by atoms with Gasteiger partial charge in [-0.2, -0.15) is 0 Å². The minimum absolute atomic E-state index is 0.106. The number of aliphatic hydroxyl groups excluding tert-OH is 1. The molecular weight excluding hydrogens is 1330 g/mol. The molecule has 0 amide bonds. The zero-order valence-corrected chi connectivity index (χ0v) is 69.0. The molecule has 19 heteroatoms. The Labute approximate surface area is 626 Å². The van der Waals surface area contributed by atoms with Gasteiger partial charge in [-0.3, -0.25) is 37.3 Å². The van der Waals surface area contributed by atoms with Crippen LogP contribution in [0.2, 0.25) is 0 Å². The lowest BCUT2D eigenvalue weighted by molar-refractivity contribution is -0.161. The molecule has 0 saturated carbocycles. The van der Waals surface area contributed by atoms with E-state index in [4.69, 9.17) is 37.0 Å². The number of phosphoric ester groups is 2. The monoisotopic (exact) mass is 1490 g/mol. The third-order valence-corrected chi connectivity index (χ3v) is 21.9. The SMILES string of the molecule is CCC(C)CCCCCCCCCCCCCCCCCCCCC(=O)OC[C@H](COP(=O)(O)OCC(O)COP(=O)(O)OC[C@@H](COC(=O)CCCCCCCCCC(C)C)OC(=O)CCCCCCCCCCCCCCCC(C)C)OC(=O)CCCCCCCCCCCCC(C)CC. The summed E-state index contributed by atoms with van der Waals surface area (Å²) >= 11 is 0. The quantitative estimate of drug-likeness (QED) is 0.0222. The van der Waals surface area contributed by atoms with Gasteiger partial charge in [0.05, 0.1) is 26.4 Å². The molecule has 17 nitrogen and oxygen atoms in total. The second-order valence-electron chi connectivity index (χ2n) is 31.3. The topological polar surface area (TPSA) is 237 Å². The van der Waals surface area contributed by atoms with E-state index in [0.717, 1.165) is 114 Å². The first-order valence-electron chi connectivity index (χ1n) is 42.8. The summed E-state index contributed by atoms with van der Waals surface area (Å²) in [6.45, 7) is 14.3. The van der Waals surface area contributed by atoms with E-state index in [1.165, 1.54) is 225 Å². The number of esters is 4. The number of unbranched alkanes of at least 4 members (excludes halogenated alkanes) is 44. The van der Waals surface area contributed by atoms with Gasteiger partial charge in [-0.1, -0.05) is 376 Å². The molecule has 0 rings (SSSR count). The highest BCUT2D eigenvalue weighted by Crippen LogP contribution is 2.45. The predicted molar refractivity (Wildman–Crippen MR) is 418 cm³/mol. The van der Waals surface area contributed by atoms with Crippen LogP contribution in [0.3, 0.4) is 0 Å². The molecule has 0 aliphatic carbocycles. The molecule has 5 unspecified atom stereocenters. The Hall–Kier alpha value is -1.94. The number of carbonyl (C=O) groups is 4. The van der Waals surface area contributed by atoms with Gasteiger partial charge in [-0.25, -0.2) is 9.13 Å². The Morgan fingerprint density at radius 3 is 0.696 bits per heavy atom. The molecule has 0 aliphatic rings. The van der Waals surface area contributed by atoms with Crippen LogP contribution in [0.5, 0.6) is 0 Å². The minimum atomic E-state index is -4.96. The third-order valence-electron chi connectivity index (χ3n) is 20.0. The number of rotatable bonds is 80. The van der Waals surface area contributed by atoms with Crippen molar-refractivity contribution in [2.45, 2.75) is 446 Å². The molecule has 0 bridgehead atoms. The molecule has 3 N–H and O–H groups in total. The number of phosphoric acid groups is 2. The number of carbonyl (C=O) groups excluding carboxylic acids is 4. The smallest absolute Gasteiger partial charge is 0.462 e. The summed E-state index contributed by atoms with van der Waals surface area (Å²) in [6, 6.07) is 0. The molecule has 0 saturated heterocycles. The summed E-state index contributed by atoms with van der Waals surface area (Å²) in [7, 11) is -9.92. The van der Waals surface area contributed by atoms with E-state index in [2.05, 4.69) is 55.4 Å². The average Bonchev–Trinajstić information content (AvgIpc) is 0.907. The molecule has 0 aromatic rings. The second kappa shape index (κ2) is 72.0. The molecule has 102 heavy (non-hydrogen) atoms. The molecule has 7 atom stereocenters. The highest BCUT2D eigenvalue weighted by Gasteiger charge is 2.30. The van der Waals surface area contributed by atoms with Crippen molar-refractivity contribution in [1.29, 1.82) is 0 Å². The summed E-state index contributed by atoms with van der Waals surface area (Å²) < 4.78 is 68.8. The highest BCUT2D eigenvalue weighted by molar-refractivity contribution is 7.47. The van der Waals surface area contributed by atoms with E-state index in [9.17, 15) is 43.2 Å². The Morgan fingerprint density at radius 2 is 0.471 bits per heavy atom. The predicted octanol–water partition coefficient (Wildman–Crippen LogP) is 24.8. The van der Waals surface area contributed by atoms with E-state index in [1.807, 2.05) is 0 Å². The number of hydrogen-bond acceptors (Lipinski definition) is 15. The van der Waals surface area contributed by atoms with Gasteiger partial charge >= 0.3 is 39.5 Å². The molecule has 0 aliphatic heterocycles. The van der Waals surface area contributed by atoms with Crippen LogP contribution in [0, 0.1) is 23.7 Å². The fourth-order valence-electron chi connectivity index (χ4n) is 12.7. The van der Waals surface area contributed by atoms with Gasteiger partial charge in [0.15, 0.2) is 12.2 Å². The van der Waals surface area contributed by atoms with Gasteiger partial charge in [0, 0.05) is 25.7 Å². The number of aliphatic hydroxyl groups is 1. The maximum absolute atomic E-state index is 13.1. The summed E-state index contributed by atoms with van der Waals surface area (Å²) in [5.41, 5.74) is 0. The van der Waals surface area contributed by atoms with Crippen molar-refractivity contribution in [1.82, 2.24) is 0 Å². The van der Waals surface area contributed by atoms with Gasteiger partial charge in [0.25, 0.3) is 0 Å². The lowest BCUT2D eigenvalue weighted by Gasteiger charge is -2.21. The van der Waals surface area contributed by atoms with E-state index in [1.54, 1.807) is 0 Å². The first-order chi connectivity index (χ1) is 49.2. The standard InChI is InChI=1S/C83H162O17P2/c1-9-75(7)61-53-45-37-29-23-19-15-13-11-12-14-16-20-24-31-39-47-55-63-80(85)93-69-78(99-83(88)66-58-50-41-33-27-26-30-38-46-54-62-76(8)10-2)71-97-101(89,90)95-67-77(84)68-96-102(91,92)98-72-79(70-94-81(86)64-56-48-42-34-36-44-52-60-74(5)6)100-82(87)65-57-49-40-32-25-21-17-18-22-28-35-43-51-59-73(3)4/h73-79,84H,9-72H2,1-8H3,(H,89,90)(H,91,92)/t75?,76?,77?,78-,79-/m1/s1. The van der Waals surface area contributed by atoms with E-state index < -0.39 is 97.5 Å². The Kier molecular flexibility index (Phi) is 70.6. The summed E-state index contributed by atoms with van der Waals surface area (Å²) in [4.78, 5) is 73.1. The fraction of sp³-hybridized carbons (Fsp3) is 0.952. The van der Waals surface area contributed by atoms with Crippen molar-refractivity contribution in [3.63, 3.8) is 0 Å². The lowest BCUT2D eigenvalue weighted by atomic mass is 9.99. The largest absolute Gasteiger partial charge is 0.472 e. The summed E-state index contributed by atoms with van der Waals surface area (Å²) in [5.74, 6) is 1.06. The Balaban J connectivity index is 5.20. The van der Waals surface area contributed by atoms with Crippen LogP contribution in [0.4, 0.5) is 0 Å². The van der Waals surface area contributed by atoms with Crippen LogP contribution in [-0.4, -0.2) is 96.7 Å². The lowest BCUT2D eigenvalue weighted by Crippen LogP contribution is -2.30. The summed E-state index contributed by atoms with van der Waals surface area (Å²) in [6.07, 6.45) is 59.7. The van der Waals surface area contributed by atoms with Crippen LogP contribution in [0.1, 0.15) is 428 Å². The van der Waals surface area contributed by atoms with E-state index >= 15 is 0 Å². The van der Waals surface area contributed by atoms with Gasteiger partial charge in [0.2, 0.25) is 0 Å². The van der Waals surface area contributed by atoms with Gasteiger partial charge in [-0.05, 0) is 49.4 Å². The van der Waals surface area contributed by atoms with Gasteiger partial charge in [0.1, 0.15) is 19.3 Å². The molecule has 606 valence electrons. The van der Waals surface area contributed by atoms with Crippen LogP contribution in [0.15, 0.2) is 0 Å². The minimum Gasteiger partial charge on any atom is -0.462 e. The van der Waals surface area contributed by atoms with Crippen LogP contribution in [-0.2, 0) is 65.4 Å². The van der Waals surface area contributed by atoms with Crippen LogP contribution in [0.25, 0.3) is 0 Å². The zero-order chi connectivity index (χ0) is 75.3. The van der Waals surface area contributed by atoms with Gasteiger partial charge < -0.3 is 33.8 Å². The zero-order valence-electron chi connectivity index (χ0n) is 67.2. The first-order valence-corrected chi connectivity index (χ1v) is 45.8. The Bertz CT molecular complexity index is 1990. The van der Waals surface area contributed by atoms with Gasteiger partial charge in [-0.15, -0.1) is 0 Å². The van der Waals surface area contributed by atoms with Crippen molar-refractivity contribution in [2.75, 3.05) is 39.6 Å².